The predicted octanol–water partition coefficient (Wildman–Crippen LogP) is 2.23. The number of rotatable bonds is 5. The van der Waals surface area contributed by atoms with E-state index in [4.69, 9.17) is 0 Å². The van der Waals surface area contributed by atoms with Crippen LogP contribution < -0.4 is 10.6 Å². The molecular weight excluding hydrogens is 355 g/mol. The molecule has 136 valence electrons. The number of non-ortho nitro benzene ring substituents is 1. The molecule has 1 atom stereocenters. The van der Waals surface area contributed by atoms with Gasteiger partial charge in [0.15, 0.2) is 11.6 Å². The molecule has 0 spiro atoms. The normalized spacial score (nSPS) is 11.5. The molecule has 0 bridgehead atoms. The number of halogens is 3. The molecule has 2 N–H and O–H groups in total. The Bertz CT molecular complexity index is 889. The topological polar surface area (TPSA) is 101 Å². The van der Waals surface area contributed by atoms with Crippen molar-refractivity contribution in [2.45, 2.75) is 6.04 Å². The first-order chi connectivity index (χ1) is 12.2. The Balaban J connectivity index is 2.34. The molecule has 0 aliphatic rings. The van der Waals surface area contributed by atoms with Crippen LogP contribution in [0.4, 0.5) is 18.9 Å². The smallest absolute Gasteiger partial charge is 0.272 e. The molecule has 7 nitrogen and oxygen atoms in total. The van der Waals surface area contributed by atoms with Crippen molar-refractivity contribution in [1.82, 2.24) is 10.6 Å². The van der Waals surface area contributed by atoms with E-state index in [1.165, 1.54) is 7.05 Å². The van der Waals surface area contributed by atoms with Crippen LogP contribution in [0.15, 0.2) is 36.4 Å². The number of nitro benzene ring substituents is 1. The molecular formula is C16H12F3N3O4. The maximum absolute atomic E-state index is 13.9. The number of carbonyl (C=O) groups excluding carboxylic acids is 2. The SMILES string of the molecule is CNC(=O)C(NC(=O)c1ccc([N+](=O)[O-])cc1F)c1ccc(F)c(F)c1. The Hall–Kier alpha value is -3.43. The van der Waals surface area contributed by atoms with Crippen LogP contribution in [0.2, 0.25) is 0 Å². The summed E-state index contributed by atoms with van der Waals surface area (Å²) in [6, 6.07) is 3.52. The summed E-state index contributed by atoms with van der Waals surface area (Å²) in [5.74, 6) is -5.36. The molecule has 2 aromatic rings. The van der Waals surface area contributed by atoms with Gasteiger partial charge in [-0.2, -0.15) is 0 Å². The Kier molecular flexibility index (Phi) is 5.55. The Morgan fingerprint density at radius 1 is 1.04 bits per heavy atom. The van der Waals surface area contributed by atoms with E-state index in [0.29, 0.717) is 6.07 Å². The lowest BCUT2D eigenvalue weighted by Crippen LogP contribution is -2.39. The minimum atomic E-state index is -1.43. The van der Waals surface area contributed by atoms with Gasteiger partial charge in [0.2, 0.25) is 5.91 Å². The van der Waals surface area contributed by atoms with Crippen molar-refractivity contribution in [2.24, 2.45) is 0 Å². The van der Waals surface area contributed by atoms with Gasteiger partial charge in [-0.1, -0.05) is 6.07 Å². The monoisotopic (exact) mass is 367 g/mol. The largest absolute Gasteiger partial charge is 0.357 e. The van der Waals surface area contributed by atoms with Crippen molar-refractivity contribution in [3.63, 3.8) is 0 Å². The van der Waals surface area contributed by atoms with Crippen molar-refractivity contribution in [2.75, 3.05) is 7.05 Å². The zero-order chi connectivity index (χ0) is 19.4. The van der Waals surface area contributed by atoms with Gasteiger partial charge in [0, 0.05) is 13.1 Å². The fourth-order valence-corrected chi connectivity index (χ4v) is 2.15. The van der Waals surface area contributed by atoms with E-state index in [9.17, 15) is 32.9 Å². The van der Waals surface area contributed by atoms with Gasteiger partial charge in [0.25, 0.3) is 11.6 Å². The van der Waals surface area contributed by atoms with Gasteiger partial charge in [-0.15, -0.1) is 0 Å². The second-order valence-corrected chi connectivity index (χ2v) is 5.12. The number of nitro groups is 1. The summed E-state index contributed by atoms with van der Waals surface area (Å²) < 4.78 is 40.4. The maximum Gasteiger partial charge on any atom is 0.272 e. The first-order valence-corrected chi connectivity index (χ1v) is 7.16. The van der Waals surface area contributed by atoms with E-state index in [-0.39, 0.29) is 5.56 Å². The highest BCUT2D eigenvalue weighted by Crippen LogP contribution is 2.20. The molecule has 0 radical (unpaired) electrons. The number of amides is 2. The standard InChI is InChI=1S/C16H12F3N3O4/c1-20-16(24)14(8-2-5-11(17)13(19)6-8)21-15(23)10-4-3-9(22(25)26)7-12(10)18/h2-7,14H,1H3,(H,20,24)(H,21,23). The average molecular weight is 367 g/mol. The number of hydrogen-bond donors (Lipinski definition) is 2. The number of hydrogen-bond acceptors (Lipinski definition) is 4. The molecule has 0 fully saturated rings. The molecule has 0 aliphatic carbocycles. The van der Waals surface area contributed by atoms with Crippen molar-refractivity contribution in [1.29, 1.82) is 0 Å². The summed E-state index contributed by atoms with van der Waals surface area (Å²) in [4.78, 5) is 34.0. The van der Waals surface area contributed by atoms with Crippen LogP contribution in [0.1, 0.15) is 22.0 Å². The fraction of sp³-hybridized carbons (Fsp3) is 0.125. The third-order valence-corrected chi connectivity index (χ3v) is 3.47. The van der Waals surface area contributed by atoms with Gasteiger partial charge in [-0.25, -0.2) is 13.2 Å². The first-order valence-electron chi connectivity index (χ1n) is 7.16. The molecule has 0 heterocycles. The summed E-state index contributed by atoms with van der Waals surface area (Å²) in [7, 11) is 1.26. The highest BCUT2D eigenvalue weighted by Gasteiger charge is 2.25. The summed E-state index contributed by atoms with van der Waals surface area (Å²) in [6.07, 6.45) is 0. The summed E-state index contributed by atoms with van der Waals surface area (Å²) in [5.41, 5.74) is -1.17. The van der Waals surface area contributed by atoms with Crippen LogP contribution in [0, 0.1) is 27.6 Å². The van der Waals surface area contributed by atoms with E-state index < -0.39 is 51.5 Å². The molecule has 2 amide bonds. The third kappa shape index (κ3) is 3.97. The van der Waals surface area contributed by atoms with Gasteiger partial charge in [0.1, 0.15) is 11.9 Å². The zero-order valence-corrected chi connectivity index (χ0v) is 13.3. The molecule has 0 saturated heterocycles. The first kappa shape index (κ1) is 18.9. The number of nitrogens with zero attached hydrogens (tertiary/aromatic N) is 1. The van der Waals surface area contributed by atoms with Crippen molar-refractivity contribution in [3.8, 4) is 0 Å². The molecule has 0 aliphatic heterocycles. The van der Waals surface area contributed by atoms with Gasteiger partial charge in [-0.05, 0) is 23.8 Å². The molecule has 1 unspecified atom stereocenters. The third-order valence-electron chi connectivity index (χ3n) is 3.47. The van der Waals surface area contributed by atoms with E-state index in [0.717, 1.165) is 30.3 Å². The Morgan fingerprint density at radius 3 is 2.27 bits per heavy atom. The fourth-order valence-electron chi connectivity index (χ4n) is 2.15. The number of nitrogens with one attached hydrogen (secondary N) is 2. The predicted molar refractivity (Wildman–Crippen MR) is 83.7 cm³/mol. The van der Waals surface area contributed by atoms with E-state index >= 15 is 0 Å². The Labute approximate surface area is 145 Å². The van der Waals surface area contributed by atoms with E-state index in [1.54, 1.807) is 0 Å². The number of benzene rings is 2. The molecule has 0 aromatic heterocycles. The number of likely N-dealkylation sites (N-methyl/N-ethyl adjacent to an activating group) is 1. The van der Waals surface area contributed by atoms with E-state index in [1.807, 2.05) is 0 Å². The zero-order valence-electron chi connectivity index (χ0n) is 13.3. The summed E-state index contributed by atoms with van der Waals surface area (Å²) in [5, 5.41) is 15.0. The molecule has 2 aromatic carbocycles. The second-order valence-electron chi connectivity index (χ2n) is 5.12. The highest BCUT2D eigenvalue weighted by atomic mass is 19.2. The average Bonchev–Trinajstić information content (AvgIpc) is 2.61. The van der Waals surface area contributed by atoms with Crippen LogP contribution in [0.25, 0.3) is 0 Å². The van der Waals surface area contributed by atoms with Crippen molar-refractivity contribution >= 4 is 17.5 Å². The van der Waals surface area contributed by atoms with Gasteiger partial charge in [-0.3, -0.25) is 19.7 Å². The van der Waals surface area contributed by atoms with Gasteiger partial charge >= 0.3 is 0 Å². The molecule has 10 heteroatoms. The molecule has 26 heavy (non-hydrogen) atoms. The van der Waals surface area contributed by atoms with Gasteiger partial charge < -0.3 is 10.6 Å². The van der Waals surface area contributed by atoms with Crippen LogP contribution in [-0.4, -0.2) is 23.8 Å². The quantitative estimate of drug-likeness (QED) is 0.625. The lowest BCUT2D eigenvalue weighted by atomic mass is 10.0. The Morgan fingerprint density at radius 2 is 1.73 bits per heavy atom. The van der Waals surface area contributed by atoms with Crippen molar-refractivity contribution in [3.05, 3.63) is 75.1 Å². The van der Waals surface area contributed by atoms with Crippen LogP contribution in [-0.2, 0) is 4.79 Å². The molecule has 0 saturated carbocycles. The second kappa shape index (κ2) is 7.64. The van der Waals surface area contributed by atoms with E-state index in [2.05, 4.69) is 10.6 Å². The molecule has 2 rings (SSSR count). The van der Waals surface area contributed by atoms with Gasteiger partial charge in [0.05, 0.1) is 16.6 Å². The highest BCUT2D eigenvalue weighted by molar-refractivity contribution is 5.98. The minimum absolute atomic E-state index is 0.0704. The van der Waals surface area contributed by atoms with Crippen molar-refractivity contribution < 1.29 is 27.7 Å². The lowest BCUT2D eigenvalue weighted by Gasteiger charge is -2.18. The maximum atomic E-state index is 13.9. The summed E-state index contributed by atoms with van der Waals surface area (Å²) >= 11 is 0. The van der Waals surface area contributed by atoms with Crippen LogP contribution >= 0.6 is 0 Å². The lowest BCUT2D eigenvalue weighted by molar-refractivity contribution is -0.385. The van der Waals surface area contributed by atoms with Crippen LogP contribution in [0.5, 0.6) is 0 Å². The summed E-state index contributed by atoms with van der Waals surface area (Å²) in [6.45, 7) is 0. The minimum Gasteiger partial charge on any atom is -0.357 e. The van der Waals surface area contributed by atoms with Crippen LogP contribution in [0.3, 0.4) is 0 Å². The number of carbonyl (C=O) groups is 2.